The van der Waals surface area contributed by atoms with E-state index in [1.165, 1.54) is 19.4 Å². The quantitative estimate of drug-likeness (QED) is 0.793. The summed E-state index contributed by atoms with van der Waals surface area (Å²) in [4.78, 5) is 26.6. The summed E-state index contributed by atoms with van der Waals surface area (Å²) in [5, 5.41) is 0. The molecule has 1 aromatic heterocycles. The molecule has 18 heavy (non-hydrogen) atoms. The number of nitrogens with two attached hydrogens (primary N) is 1. The van der Waals surface area contributed by atoms with Crippen LogP contribution in [0.4, 0.5) is 0 Å². The highest BCUT2D eigenvalue weighted by Crippen LogP contribution is 2.29. The van der Waals surface area contributed by atoms with Crippen LogP contribution in [0.2, 0.25) is 0 Å². The first-order valence-corrected chi connectivity index (χ1v) is 5.49. The highest BCUT2D eigenvalue weighted by molar-refractivity contribution is 5.95. The maximum absolute atomic E-state index is 11.6. The molecule has 0 bridgehead atoms. The molecule has 6 heteroatoms. The normalized spacial score (nSPS) is 10.2. The van der Waals surface area contributed by atoms with E-state index in [-0.39, 0.29) is 29.5 Å². The number of hydrogen-bond donors (Lipinski definition) is 1. The van der Waals surface area contributed by atoms with Gasteiger partial charge in [-0.15, -0.1) is 0 Å². The standard InChI is InChI=1S/C12H16N2O4/c1-7(2)6-9(15)18-11-8(17-3)4-5-14-10(11)12(13)16/h4-5,7H,6H2,1-3H3,(H2,13,16). The molecule has 0 atom stereocenters. The molecule has 1 aromatic rings. The van der Waals surface area contributed by atoms with Crippen LogP contribution < -0.4 is 15.2 Å². The van der Waals surface area contributed by atoms with E-state index in [9.17, 15) is 9.59 Å². The van der Waals surface area contributed by atoms with Gasteiger partial charge in [0.05, 0.1) is 7.11 Å². The Labute approximate surface area is 105 Å². The van der Waals surface area contributed by atoms with Crippen molar-refractivity contribution >= 4 is 11.9 Å². The van der Waals surface area contributed by atoms with Crippen LogP contribution in [0.15, 0.2) is 12.3 Å². The molecule has 0 aliphatic carbocycles. The molecule has 0 saturated carbocycles. The number of carbonyl (C=O) groups excluding carboxylic acids is 2. The molecule has 1 amide bonds. The van der Waals surface area contributed by atoms with E-state index in [1.54, 1.807) is 0 Å². The third kappa shape index (κ3) is 3.44. The third-order valence-electron chi connectivity index (χ3n) is 2.11. The van der Waals surface area contributed by atoms with E-state index < -0.39 is 11.9 Å². The molecule has 1 heterocycles. The summed E-state index contributed by atoms with van der Waals surface area (Å²) in [5.74, 6) is -0.869. The van der Waals surface area contributed by atoms with Gasteiger partial charge in [0.25, 0.3) is 5.91 Å². The Bertz CT molecular complexity index is 457. The second kappa shape index (κ2) is 6.00. The van der Waals surface area contributed by atoms with Crippen molar-refractivity contribution in [3.05, 3.63) is 18.0 Å². The summed E-state index contributed by atoms with van der Waals surface area (Å²) in [6.07, 6.45) is 1.59. The van der Waals surface area contributed by atoms with Crippen LogP contribution in [0.25, 0.3) is 0 Å². The Hall–Kier alpha value is -2.11. The summed E-state index contributed by atoms with van der Waals surface area (Å²) in [6, 6.07) is 1.49. The van der Waals surface area contributed by atoms with Crippen molar-refractivity contribution in [2.75, 3.05) is 7.11 Å². The molecule has 1 rings (SSSR count). The largest absolute Gasteiger partial charge is 0.493 e. The van der Waals surface area contributed by atoms with Gasteiger partial charge in [0.15, 0.2) is 11.4 Å². The van der Waals surface area contributed by atoms with Crippen LogP contribution in [0, 0.1) is 5.92 Å². The highest BCUT2D eigenvalue weighted by atomic mass is 16.6. The molecule has 98 valence electrons. The summed E-state index contributed by atoms with van der Waals surface area (Å²) in [6.45, 7) is 3.77. The van der Waals surface area contributed by atoms with E-state index >= 15 is 0 Å². The number of esters is 1. The molecular formula is C12H16N2O4. The summed E-state index contributed by atoms with van der Waals surface area (Å²) >= 11 is 0. The minimum atomic E-state index is -0.777. The highest BCUT2D eigenvalue weighted by Gasteiger charge is 2.20. The Morgan fingerprint density at radius 1 is 1.44 bits per heavy atom. The molecule has 0 radical (unpaired) electrons. The molecule has 0 fully saturated rings. The van der Waals surface area contributed by atoms with Gasteiger partial charge in [0.2, 0.25) is 5.75 Å². The SMILES string of the molecule is COc1ccnc(C(N)=O)c1OC(=O)CC(C)C. The second-order valence-corrected chi connectivity index (χ2v) is 4.13. The summed E-state index contributed by atoms with van der Waals surface area (Å²) in [7, 11) is 1.40. The summed E-state index contributed by atoms with van der Waals surface area (Å²) < 4.78 is 10.1. The molecule has 0 saturated heterocycles. The van der Waals surface area contributed by atoms with Crippen LogP contribution in [0.1, 0.15) is 30.8 Å². The van der Waals surface area contributed by atoms with Crippen molar-refractivity contribution in [1.82, 2.24) is 4.98 Å². The number of aromatic nitrogens is 1. The van der Waals surface area contributed by atoms with Crippen LogP contribution in [-0.4, -0.2) is 24.0 Å². The Morgan fingerprint density at radius 2 is 2.11 bits per heavy atom. The van der Waals surface area contributed by atoms with Gasteiger partial charge in [-0.25, -0.2) is 4.98 Å². The first-order valence-electron chi connectivity index (χ1n) is 5.49. The lowest BCUT2D eigenvalue weighted by molar-refractivity contribution is -0.135. The number of primary amides is 1. The van der Waals surface area contributed by atoms with Crippen LogP contribution >= 0.6 is 0 Å². The molecule has 0 aliphatic heterocycles. The molecule has 0 unspecified atom stereocenters. The van der Waals surface area contributed by atoms with Crippen molar-refractivity contribution in [2.45, 2.75) is 20.3 Å². The molecule has 2 N–H and O–H groups in total. The molecule has 0 aliphatic rings. The predicted octanol–water partition coefficient (Wildman–Crippen LogP) is 1.14. The maximum atomic E-state index is 11.6. The minimum Gasteiger partial charge on any atom is -0.493 e. The van der Waals surface area contributed by atoms with Crippen molar-refractivity contribution in [1.29, 1.82) is 0 Å². The predicted molar refractivity (Wildman–Crippen MR) is 64.4 cm³/mol. The number of rotatable bonds is 5. The summed E-state index contributed by atoms with van der Waals surface area (Å²) in [5.41, 5.74) is 5.05. The fraction of sp³-hybridized carbons (Fsp3) is 0.417. The van der Waals surface area contributed by atoms with Crippen LogP contribution in [0.3, 0.4) is 0 Å². The first-order chi connectivity index (χ1) is 8.45. The van der Waals surface area contributed by atoms with E-state index in [0.717, 1.165) is 0 Å². The van der Waals surface area contributed by atoms with E-state index in [4.69, 9.17) is 15.2 Å². The van der Waals surface area contributed by atoms with Gasteiger partial charge in [-0.3, -0.25) is 9.59 Å². The number of pyridine rings is 1. The molecule has 6 nitrogen and oxygen atoms in total. The van der Waals surface area contributed by atoms with Crippen LogP contribution in [0.5, 0.6) is 11.5 Å². The van der Waals surface area contributed by atoms with E-state index in [1.807, 2.05) is 13.8 Å². The lowest BCUT2D eigenvalue weighted by atomic mass is 10.1. The number of carbonyl (C=O) groups is 2. The lowest BCUT2D eigenvalue weighted by Gasteiger charge is -2.11. The Morgan fingerprint density at radius 3 is 2.61 bits per heavy atom. The number of hydrogen-bond acceptors (Lipinski definition) is 5. The topological polar surface area (TPSA) is 91.5 Å². The first kappa shape index (κ1) is 14.0. The zero-order valence-electron chi connectivity index (χ0n) is 10.6. The van der Waals surface area contributed by atoms with Crippen molar-refractivity contribution in [3.63, 3.8) is 0 Å². The number of methoxy groups -OCH3 is 1. The monoisotopic (exact) mass is 252 g/mol. The number of amides is 1. The van der Waals surface area contributed by atoms with Gasteiger partial charge in [-0.1, -0.05) is 13.8 Å². The maximum Gasteiger partial charge on any atom is 0.311 e. The van der Waals surface area contributed by atoms with Gasteiger partial charge < -0.3 is 15.2 Å². The fourth-order valence-corrected chi connectivity index (χ4v) is 1.35. The Kier molecular flexibility index (Phi) is 4.65. The molecular weight excluding hydrogens is 236 g/mol. The second-order valence-electron chi connectivity index (χ2n) is 4.13. The Balaban J connectivity index is 3.05. The number of nitrogens with zero attached hydrogens (tertiary/aromatic N) is 1. The van der Waals surface area contributed by atoms with E-state index in [0.29, 0.717) is 0 Å². The molecule has 0 aromatic carbocycles. The van der Waals surface area contributed by atoms with Crippen LogP contribution in [-0.2, 0) is 4.79 Å². The van der Waals surface area contributed by atoms with Gasteiger partial charge in [-0.05, 0) is 5.92 Å². The average Bonchev–Trinajstić information content (AvgIpc) is 2.27. The fourth-order valence-electron chi connectivity index (χ4n) is 1.35. The molecule has 0 spiro atoms. The van der Waals surface area contributed by atoms with Crippen molar-refractivity contribution < 1.29 is 19.1 Å². The average molecular weight is 252 g/mol. The van der Waals surface area contributed by atoms with Gasteiger partial charge in [0.1, 0.15) is 0 Å². The minimum absolute atomic E-state index is 0.0295. The van der Waals surface area contributed by atoms with Gasteiger partial charge in [-0.2, -0.15) is 0 Å². The zero-order valence-corrected chi connectivity index (χ0v) is 10.6. The number of ether oxygens (including phenoxy) is 2. The van der Waals surface area contributed by atoms with Crippen molar-refractivity contribution in [3.8, 4) is 11.5 Å². The van der Waals surface area contributed by atoms with Crippen molar-refractivity contribution in [2.24, 2.45) is 11.7 Å². The third-order valence-corrected chi connectivity index (χ3v) is 2.11. The van der Waals surface area contributed by atoms with E-state index in [2.05, 4.69) is 4.98 Å². The van der Waals surface area contributed by atoms with Gasteiger partial charge >= 0.3 is 5.97 Å². The smallest absolute Gasteiger partial charge is 0.311 e. The lowest BCUT2D eigenvalue weighted by Crippen LogP contribution is -2.18. The zero-order chi connectivity index (χ0) is 13.7. The van der Waals surface area contributed by atoms with Gasteiger partial charge in [0, 0.05) is 18.7 Å².